The van der Waals surface area contributed by atoms with Gasteiger partial charge in [-0.1, -0.05) is 0 Å². The maximum absolute atomic E-state index is 13.3. The fraction of sp³-hybridized carbons (Fsp3) is 0.0667. The van der Waals surface area contributed by atoms with Gasteiger partial charge in [0, 0.05) is 6.07 Å². The number of hydrogen-bond donors (Lipinski definition) is 0. The molecule has 0 fully saturated rings. The number of furan rings is 2. The van der Waals surface area contributed by atoms with Crippen LogP contribution < -0.4 is 0 Å². The van der Waals surface area contributed by atoms with Crippen molar-refractivity contribution in [1.29, 1.82) is 0 Å². The minimum atomic E-state index is -4.59. The lowest BCUT2D eigenvalue weighted by Crippen LogP contribution is -2.13. The van der Waals surface area contributed by atoms with Crippen LogP contribution in [-0.2, 0) is 6.18 Å². The second kappa shape index (κ2) is 4.73. The molecular formula is C15H8F3N3O2. The van der Waals surface area contributed by atoms with E-state index in [0.29, 0.717) is 5.76 Å². The summed E-state index contributed by atoms with van der Waals surface area (Å²) in [5.41, 5.74) is -0.533. The molecule has 0 spiro atoms. The quantitative estimate of drug-likeness (QED) is 0.554. The van der Waals surface area contributed by atoms with Crippen molar-refractivity contribution in [3.8, 4) is 22.9 Å². The summed E-state index contributed by atoms with van der Waals surface area (Å²) in [5, 5.41) is 3.95. The topological polar surface area (TPSA) is 56.5 Å². The molecule has 0 N–H and O–H groups in total. The lowest BCUT2D eigenvalue weighted by Gasteiger charge is -2.09. The summed E-state index contributed by atoms with van der Waals surface area (Å²) in [6, 6.07) is 8.71. The summed E-state index contributed by atoms with van der Waals surface area (Å²) in [6.45, 7) is 0. The molecule has 4 rings (SSSR count). The largest absolute Gasteiger partial charge is 0.463 e. The molecule has 116 valence electrons. The molecule has 0 amide bonds. The molecule has 23 heavy (non-hydrogen) atoms. The maximum Gasteiger partial charge on any atom is 0.433 e. The average molecular weight is 319 g/mol. The first-order valence-electron chi connectivity index (χ1n) is 6.58. The van der Waals surface area contributed by atoms with Crippen LogP contribution in [0.15, 0.2) is 57.8 Å². The Kier molecular flexibility index (Phi) is 2.80. The van der Waals surface area contributed by atoms with Gasteiger partial charge in [-0.15, -0.1) is 0 Å². The second-order valence-corrected chi connectivity index (χ2v) is 4.78. The molecule has 0 atom stereocenters. The number of aromatic nitrogens is 3. The zero-order chi connectivity index (χ0) is 16.0. The molecule has 5 nitrogen and oxygen atoms in total. The van der Waals surface area contributed by atoms with E-state index in [9.17, 15) is 13.2 Å². The third-order valence-electron chi connectivity index (χ3n) is 3.26. The molecular weight excluding hydrogens is 311 g/mol. The van der Waals surface area contributed by atoms with Crippen molar-refractivity contribution in [3.63, 3.8) is 0 Å². The fourth-order valence-electron chi connectivity index (χ4n) is 2.27. The first kappa shape index (κ1) is 13.6. The number of hydrogen-bond acceptors (Lipinski definition) is 4. The molecule has 0 bridgehead atoms. The van der Waals surface area contributed by atoms with Crippen LogP contribution in [0.4, 0.5) is 13.2 Å². The molecule has 0 saturated carbocycles. The van der Waals surface area contributed by atoms with Crippen molar-refractivity contribution in [1.82, 2.24) is 14.6 Å². The van der Waals surface area contributed by atoms with E-state index in [1.807, 2.05) is 0 Å². The number of nitrogens with zero attached hydrogens (tertiary/aromatic N) is 3. The van der Waals surface area contributed by atoms with Crippen LogP contribution in [0.2, 0.25) is 0 Å². The molecule has 0 saturated heterocycles. The van der Waals surface area contributed by atoms with Gasteiger partial charge >= 0.3 is 6.18 Å². The van der Waals surface area contributed by atoms with Gasteiger partial charge in [-0.25, -0.2) is 9.50 Å². The van der Waals surface area contributed by atoms with E-state index < -0.39 is 11.9 Å². The minimum absolute atomic E-state index is 0.0534. The monoisotopic (exact) mass is 319 g/mol. The second-order valence-electron chi connectivity index (χ2n) is 4.78. The van der Waals surface area contributed by atoms with Crippen LogP contribution in [0.25, 0.3) is 28.6 Å². The highest BCUT2D eigenvalue weighted by Crippen LogP contribution is 2.33. The number of fused-ring (bicyclic) bond motifs is 1. The van der Waals surface area contributed by atoms with Gasteiger partial charge in [0.15, 0.2) is 22.9 Å². The van der Waals surface area contributed by atoms with Gasteiger partial charge in [0.05, 0.1) is 12.5 Å². The molecule has 0 aliphatic carbocycles. The van der Waals surface area contributed by atoms with Crippen LogP contribution in [0.3, 0.4) is 0 Å². The Morgan fingerprint density at radius 1 is 0.913 bits per heavy atom. The highest BCUT2D eigenvalue weighted by atomic mass is 19.4. The molecule has 4 heterocycles. The number of alkyl halides is 3. The third kappa shape index (κ3) is 2.28. The summed E-state index contributed by atoms with van der Waals surface area (Å²) in [6.07, 6.45) is -1.79. The minimum Gasteiger partial charge on any atom is -0.463 e. The first-order chi connectivity index (χ1) is 11.0. The van der Waals surface area contributed by atoms with Crippen molar-refractivity contribution >= 4 is 5.65 Å². The van der Waals surface area contributed by atoms with Gasteiger partial charge in [0.2, 0.25) is 0 Å². The predicted octanol–water partition coefficient (Wildman–Crippen LogP) is 4.27. The summed E-state index contributed by atoms with van der Waals surface area (Å²) in [5.74, 6) is 0.613. The van der Waals surface area contributed by atoms with E-state index in [1.54, 1.807) is 24.3 Å². The van der Waals surface area contributed by atoms with Gasteiger partial charge in [-0.2, -0.15) is 18.3 Å². The van der Waals surface area contributed by atoms with Crippen molar-refractivity contribution in [2.24, 2.45) is 0 Å². The summed E-state index contributed by atoms with van der Waals surface area (Å²) in [4.78, 5) is 4.19. The fourth-order valence-corrected chi connectivity index (χ4v) is 2.27. The van der Waals surface area contributed by atoms with E-state index in [-0.39, 0.29) is 22.8 Å². The molecule has 0 aromatic carbocycles. The molecule has 0 radical (unpaired) electrons. The zero-order valence-electron chi connectivity index (χ0n) is 11.4. The summed E-state index contributed by atoms with van der Waals surface area (Å²) in [7, 11) is 0. The molecule has 8 heteroatoms. The van der Waals surface area contributed by atoms with Crippen LogP contribution in [0.1, 0.15) is 5.69 Å². The van der Waals surface area contributed by atoms with Gasteiger partial charge in [-0.3, -0.25) is 0 Å². The molecule has 0 aliphatic rings. The van der Waals surface area contributed by atoms with E-state index in [2.05, 4.69) is 10.1 Å². The maximum atomic E-state index is 13.3. The van der Waals surface area contributed by atoms with Crippen LogP contribution in [-0.4, -0.2) is 14.6 Å². The highest BCUT2D eigenvalue weighted by molar-refractivity contribution is 5.63. The van der Waals surface area contributed by atoms with E-state index in [1.165, 1.54) is 18.6 Å². The lowest BCUT2D eigenvalue weighted by atomic mass is 10.2. The van der Waals surface area contributed by atoms with E-state index >= 15 is 0 Å². The van der Waals surface area contributed by atoms with Gasteiger partial charge in [0.1, 0.15) is 11.4 Å². The van der Waals surface area contributed by atoms with Crippen LogP contribution in [0, 0.1) is 0 Å². The van der Waals surface area contributed by atoms with E-state index in [0.717, 1.165) is 10.6 Å². The smallest absolute Gasteiger partial charge is 0.433 e. The van der Waals surface area contributed by atoms with Crippen LogP contribution in [0.5, 0.6) is 0 Å². The highest BCUT2D eigenvalue weighted by Gasteiger charge is 2.35. The van der Waals surface area contributed by atoms with Gasteiger partial charge < -0.3 is 8.83 Å². The Labute approximate surface area is 127 Å². The Hall–Kier alpha value is -3.03. The Balaban J connectivity index is 1.99. The normalized spacial score (nSPS) is 12.1. The SMILES string of the molecule is FC(F)(F)c1cc(-c2ccco2)nc2cc(-c3ccco3)nn12. The molecule has 0 unspecified atom stereocenters. The van der Waals surface area contributed by atoms with Crippen LogP contribution >= 0.6 is 0 Å². The Bertz CT molecular complexity index is 954. The molecule has 0 aliphatic heterocycles. The van der Waals surface area contributed by atoms with E-state index in [4.69, 9.17) is 8.83 Å². The zero-order valence-corrected chi connectivity index (χ0v) is 11.4. The summed E-state index contributed by atoms with van der Waals surface area (Å²) >= 11 is 0. The average Bonchev–Trinajstić information content (AvgIpc) is 3.24. The number of rotatable bonds is 2. The van der Waals surface area contributed by atoms with Gasteiger partial charge in [-0.05, 0) is 30.3 Å². The Morgan fingerprint density at radius 3 is 2.13 bits per heavy atom. The standard InChI is InChI=1S/C15H8F3N3O2/c16-15(17,18)13-7-9(11-3-1-5-22-11)19-14-8-10(20-21(13)14)12-4-2-6-23-12/h1-8H. The van der Waals surface area contributed by atoms with Crippen molar-refractivity contribution in [3.05, 3.63) is 54.6 Å². The summed E-state index contributed by atoms with van der Waals surface area (Å²) < 4.78 is 51.1. The first-order valence-corrected chi connectivity index (χ1v) is 6.58. The van der Waals surface area contributed by atoms with Crippen molar-refractivity contribution < 1.29 is 22.0 Å². The lowest BCUT2D eigenvalue weighted by molar-refractivity contribution is -0.142. The molecule has 4 aromatic rings. The molecule has 4 aromatic heterocycles. The third-order valence-corrected chi connectivity index (χ3v) is 3.26. The van der Waals surface area contributed by atoms with Crippen molar-refractivity contribution in [2.75, 3.05) is 0 Å². The number of halogens is 3. The van der Waals surface area contributed by atoms with Crippen molar-refractivity contribution in [2.45, 2.75) is 6.18 Å². The van der Waals surface area contributed by atoms with Gasteiger partial charge in [0.25, 0.3) is 0 Å². The Morgan fingerprint density at radius 2 is 1.57 bits per heavy atom. The predicted molar refractivity (Wildman–Crippen MR) is 73.4 cm³/mol.